The van der Waals surface area contributed by atoms with Gasteiger partial charge in [0.2, 0.25) is 5.69 Å². The van der Waals surface area contributed by atoms with E-state index in [1.54, 1.807) is 0 Å². The van der Waals surface area contributed by atoms with Crippen molar-refractivity contribution < 1.29 is 4.57 Å². The Morgan fingerprint density at radius 2 is 0.889 bits per heavy atom. The topological polar surface area (TPSA) is 3.88 Å². The summed E-state index contributed by atoms with van der Waals surface area (Å²) in [5.74, 6) is 0. The Balaban J connectivity index is 1.62. The van der Waals surface area contributed by atoms with E-state index in [9.17, 15) is 0 Å². The van der Waals surface area contributed by atoms with Crippen molar-refractivity contribution in [1.29, 1.82) is 0 Å². The van der Waals surface area contributed by atoms with Crippen LogP contribution in [0.1, 0.15) is 5.56 Å². The standard InChI is InChI=1S/C35H26N/c1-23-21-33-30-17-9-7-15-28(30)26-13-5-6-14-27(26)29-16-8-10-18-31(29)34(33)22-32(23)35-25-12-4-3-11-24(25)19-20-36(35)2/h3-22H,1-2H3/q+1. The quantitative estimate of drug-likeness (QED) is 0.216. The van der Waals surface area contributed by atoms with Crippen LogP contribution in [0.5, 0.6) is 0 Å². The van der Waals surface area contributed by atoms with Crippen molar-refractivity contribution in [2.24, 2.45) is 7.05 Å². The highest BCUT2D eigenvalue weighted by Gasteiger charge is 2.25. The van der Waals surface area contributed by atoms with Crippen LogP contribution < -0.4 is 4.57 Å². The Bertz CT molecular complexity index is 1810. The van der Waals surface area contributed by atoms with Crippen LogP contribution in [-0.2, 0) is 7.05 Å². The molecular weight excluding hydrogens is 434 g/mol. The van der Waals surface area contributed by atoms with E-state index in [2.05, 4.69) is 140 Å². The van der Waals surface area contributed by atoms with Crippen LogP contribution in [0.3, 0.4) is 0 Å². The van der Waals surface area contributed by atoms with E-state index in [0.29, 0.717) is 0 Å². The fourth-order valence-electron chi connectivity index (χ4n) is 5.92. The van der Waals surface area contributed by atoms with Gasteiger partial charge in [-0.15, -0.1) is 0 Å². The van der Waals surface area contributed by atoms with Crippen LogP contribution >= 0.6 is 0 Å². The largest absolute Gasteiger partial charge is 0.220 e. The van der Waals surface area contributed by atoms with Crippen molar-refractivity contribution in [1.82, 2.24) is 0 Å². The minimum absolute atomic E-state index is 1.25. The average molecular weight is 461 g/mol. The number of hydrogen-bond donors (Lipinski definition) is 0. The van der Waals surface area contributed by atoms with Gasteiger partial charge in [-0.2, -0.15) is 0 Å². The van der Waals surface area contributed by atoms with Gasteiger partial charge in [-0.3, -0.25) is 0 Å². The third kappa shape index (κ3) is 3.06. The minimum atomic E-state index is 1.25. The summed E-state index contributed by atoms with van der Waals surface area (Å²) in [6.45, 7) is 2.25. The van der Waals surface area contributed by atoms with Gasteiger partial charge in [0.05, 0.1) is 10.9 Å². The molecule has 0 saturated heterocycles. The van der Waals surface area contributed by atoms with Crippen LogP contribution in [0.25, 0.3) is 66.5 Å². The molecule has 0 atom stereocenters. The van der Waals surface area contributed by atoms with Gasteiger partial charge < -0.3 is 0 Å². The van der Waals surface area contributed by atoms with Gasteiger partial charge in [0.25, 0.3) is 0 Å². The van der Waals surface area contributed by atoms with Gasteiger partial charge >= 0.3 is 0 Å². The van der Waals surface area contributed by atoms with E-state index < -0.39 is 0 Å². The average Bonchev–Trinajstić information content (AvgIpc) is 2.93. The van der Waals surface area contributed by atoms with Gasteiger partial charge in [-0.1, -0.05) is 91.0 Å². The molecule has 0 radical (unpaired) electrons. The first kappa shape index (κ1) is 20.8. The van der Waals surface area contributed by atoms with Crippen LogP contribution in [0.15, 0.2) is 121 Å². The molecule has 1 aromatic heterocycles. The summed E-state index contributed by atoms with van der Waals surface area (Å²) < 4.78 is 2.26. The summed E-state index contributed by atoms with van der Waals surface area (Å²) in [6.07, 6.45) is 2.17. The third-order valence-electron chi connectivity index (χ3n) is 7.61. The predicted octanol–water partition coefficient (Wildman–Crippen LogP) is 8.62. The van der Waals surface area contributed by atoms with E-state index in [1.807, 2.05) is 0 Å². The lowest BCUT2D eigenvalue weighted by Gasteiger charge is -2.24. The van der Waals surface area contributed by atoms with E-state index in [1.165, 1.54) is 72.1 Å². The summed E-state index contributed by atoms with van der Waals surface area (Å²) in [6, 6.07) is 42.2. The number of pyridine rings is 1. The van der Waals surface area contributed by atoms with Gasteiger partial charge in [0.15, 0.2) is 6.20 Å². The van der Waals surface area contributed by atoms with E-state index in [-0.39, 0.29) is 0 Å². The molecule has 1 heteroatoms. The Labute approximate surface area is 211 Å². The summed E-state index contributed by atoms with van der Waals surface area (Å²) in [4.78, 5) is 0. The molecule has 170 valence electrons. The first-order chi connectivity index (χ1) is 17.7. The highest BCUT2D eigenvalue weighted by molar-refractivity contribution is 6.05. The zero-order chi connectivity index (χ0) is 24.2. The molecule has 1 heterocycles. The second kappa shape index (κ2) is 8.03. The zero-order valence-electron chi connectivity index (χ0n) is 20.5. The Kier molecular flexibility index (Phi) is 4.65. The molecule has 0 unspecified atom stereocenters. The number of benzene rings is 5. The monoisotopic (exact) mass is 460 g/mol. The summed E-state index contributed by atoms with van der Waals surface area (Å²) in [5, 5.41) is 2.53. The summed E-state index contributed by atoms with van der Waals surface area (Å²) in [7, 11) is 2.15. The smallest absolute Gasteiger partial charge is 0.200 e. The van der Waals surface area contributed by atoms with E-state index in [4.69, 9.17) is 0 Å². The normalized spacial score (nSPS) is 11.6. The Hall–Kier alpha value is -4.49. The predicted molar refractivity (Wildman–Crippen MR) is 151 cm³/mol. The molecule has 6 aromatic rings. The van der Waals surface area contributed by atoms with Crippen molar-refractivity contribution >= 4 is 10.8 Å². The molecular formula is C35H26N+. The number of aromatic nitrogens is 1. The molecule has 0 spiro atoms. The highest BCUT2D eigenvalue weighted by Crippen LogP contribution is 2.49. The SMILES string of the molecule is Cc1cc2c(cc1-c1c3ccccc3cc[n+]1C)-c1ccccc1-c1ccccc1-c1ccccc1-2. The molecule has 1 aliphatic carbocycles. The fraction of sp³-hybridized carbons (Fsp3) is 0.0571. The number of nitrogens with zero attached hydrogens (tertiary/aromatic N) is 1. The lowest BCUT2D eigenvalue weighted by Crippen LogP contribution is -2.30. The maximum absolute atomic E-state index is 2.43. The van der Waals surface area contributed by atoms with Gasteiger partial charge in [-0.05, 0) is 80.6 Å². The van der Waals surface area contributed by atoms with Crippen LogP contribution in [-0.4, -0.2) is 0 Å². The first-order valence-electron chi connectivity index (χ1n) is 12.5. The van der Waals surface area contributed by atoms with Crippen LogP contribution in [0, 0.1) is 6.92 Å². The molecule has 1 aliphatic rings. The maximum Gasteiger partial charge on any atom is 0.220 e. The molecule has 0 saturated carbocycles. The molecule has 1 nitrogen and oxygen atoms in total. The molecule has 0 amide bonds. The second-order valence-corrected chi connectivity index (χ2v) is 9.71. The Morgan fingerprint density at radius 3 is 1.44 bits per heavy atom. The van der Waals surface area contributed by atoms with E-state index >= 15 is 0 Å². The van der Waals surface area contributed by atoms with Crippen molar-refractivity contribution in [3.63, 3.8) is 0 Å². The molecule has 0 aliphatic heterocycles. The molecule has 0 N–H and O–H groups in total. The first-order valence-corrected chi connectivity index (χ1v) is 12.5. The van der Waals surface area contributed by atoms with Crippen molar-refractivity contribution in [3.05, 3.63) is 127 Å². The van der Waals surface area contributed by atoms with E-state index in [0.717, 1.165) is 0 Å². The second-order valence-electron chi connectivity index (χ2n) is 9.71. The van der Waals surface area contributed by atoms with Crippen LogP contribution in [0.4, 0.5) is 0 Å². The lowest BCUT2D eigenvalue weighted by atomic mass is 9.79. The lowest BCUT2D eigenvalue weighted by molar-refractivity contribution is -0.659. The maximum atomic E-state index is 2.43. The van der Waals surface area contributed by atoms with Crippen molar-refractivity contribution in [3.8, 4) is 55.8 Å². The number of hydrogen-bond acceptors (Lipinski definition) is 0. The highest BCUT2D eigenvalue weighted by atomic mass is 14.9. The zero-order valence-corrected chi connectivity index (χ0v) is 20.5. The van der Waals surface area contributed by atoms with Gasteiger partial charge in [0.1, 0.15) is 7.05 Å². The van der Waals surface area contributed by atoms with Gasteiger partial charge in [-0.25, -0.2) is 4.57 Å². The fourth-order valence-corrected chi connectivity index (χ4v) is 5.92. The third-order valence-corrected chi connectivity index (χ3v) is 7.61. The molecule has 7 rings (SSSR count). The number of rotatable bonds is 1. The van der Waals surface area contributed by atoms with Crippen molar-refractivity contribution in [2.75, 3.05) is 0 Å². The summed E-state index contributed by atoms with van der Waals surface area (Å²) in [5.41, 5.74) is 14.1. The molecule has 5 aromatic carbocycles. The minimum Gasteiger partial charge on any atom is -0.200 e. The van der Waals surface area contributed by atoms with Gasteiger partial charge in [0, 0.05) is 6.07 Å². The number of aryl methyl sites for hydroxylation is 2. The summed E-state index contributed by atoms with van der Waals surface area (Å²) >= 11 is 0. The number of fused-ring (bicyclic) bond motifs is 9. The molecule has 36 heavy (non-hydrogen) atoms. The molecule has 0 fully saturated rings. The Morgan fingerprint density at radius 1 is 0.444 bits per heavy atom. The van der Waals surface area contributed by atoms with Crippen LogP contribution in [0.2, 0.25) is 0 Å². The van der Waals surface area contributed by atoms with Crippen molar-refractivity contribution in [2.45, 2.75) is 6.92 Å². The molecule has 0 bridgehead atoms.